The molecular weight excluding hydrogens is 228 g/mol. The molecule has 0 amide bonds. The van der Waals surface area contributed by atoms with Gasteiger partial charge in [0.05, 0.1) is 12.6 Å². The van der Waals surface area contributed by atoms with E-state index in [-0.39, 0.29) is 6.10 Å². The van der Waals surface area contributed by atoms with Gasteiger partial charge in [-0.25, -0.2) is 0 Å². The van der Waals surface area contributed by atoms with E-state index in [0.717, 1.165) is 43.1 Å². The first kappa shape index (κ1) is 11.4. The molecule has 4 heteroatoms. The molecule has 0 aliphatic carbocycles. The van der Waals surface area contributed by atoms with Crippen molar-refractivity contribution >= 4 is 0 Å². The Morgan fingerprint density at radius 3 is 2.89 bits per heavy atom. The van der Waals surface area contributed by atoms with Crippen molar-refractivity contribution in [1.82, 2.24) is 10.1 Å². The highest BCUT2D eigenvalue weighted by atomic mass is 16.5. The van der Waals surface area contributed by atoms with Gasteiger partial charge in [0, 0.05) is 24.7 Å². The van der Waals surface area contributed by atoms with Crippen LogP contribution in [-0.4, -0.2) is 34.4 Å². The van der Waals surface area contributed by atoms with Crippen LogP contribution in [0.15, 0.2) is 40.9 Å². The van der Waals surface area contributed by atoms with E-state index in [4.69, 9.17) is 4.52 Å². The van der Waals surface area contributed by atoms with Gasteiger partial charge < -0.3 is 9.63 Å². The molecule has 3 rings (SSSR count). The van der Waals surface area contributed by atoms with Crippen molar-refractivity contribution in [2.75, 3.05) is 13.1 Å². The molecule has 18 heavy (non-hydrogen) atoms. The molecule has 1 aliphatic heterocycles. The third kappa shape index (κ3) is 2.44. The summed E-state index contributed by atoms with van der Waals surface area (Å²) >= 11 is 0. The number of benzene rings is 1. The number of nitrogens with zero attached hydrogens (tertiary/aromatic N) is 2. The molecule has 0 bridgehead atoms. The molecule has 1 N–H and O–H groups in total. The lowest BCUT2D eigenvalue weighted by molar-refractivity contribution is 0.170. The Morgan fingerprint density at radius 2 is 2.17 bits per heavy atom. The molecule has 0 spiro atoms. The summed E-state index contributed by atoms with van der Waals surface area (Å²) in [5.74, 6) is 0.850. The molecule has 2 aromatic rings. The third-order valence-electron chi connectivity index (χ3n) is 3.26. The van der Waals surface area contributed by atoms with Gasteiger partial charge >= 0.3 is 0 Å². The minimum atomic E-state index is -0.193. The molecule has 1 atom stereocenters. The number of aliphatic hydroxyl groups excluding tert-OH is 1. The predicted molar refractivity (Wildman–Crippen MR) is 67.8 cm³/mol. The van der Waals surface area contributed by atoms with Crippen LogP contribution in [0.25, 0.3) is 11.3 Å². The molecule has 1 aliphatic rings. The minimum absolute atomic E-state index is 0.193. The number of aromatic nitrogens is 1. The van der Waals surface area contributed by atoms with Gasteiger partial charge in [0.1, 0.15) is 5.69 Å². The van der Waals surface area contributed by atoms with Crippen molar-refractivity contribution in [2.45, 2.75) is 19.1 Å². The molecule has 0 radical (unpaired) electrons. The first-order valence-corrected chi connectivity index (χ1v) is 6.23. The Balaban J connectivity index is 1.70. The molecule has 1 aromatic heterocycles. The predicted octanol–water partition coefficient (Wildman–Crippen LogP) is 1.91. The zero-order valence-electron chi connectivity index (χ0n) is 10.1. The van der Waals surface area contributed by atoms with E-state index in [1.165, 1.54) is 0 Å². The van der Waals surface area contributed by atoms with Crippen LogP contribution in [0, 0.1) is 0 Å². The van der Waals surface area contributed by atoms with Crippen LogP contribution in [0.3, 0.4) is 0 Å². The quantitative estimate of drug-likeness (QED) is 0.896. The lowest BCUT2D eigenvalue weighted by atomic mass is 10.1. The average Bonchev–Trinajstić information content (AvgIpc) is 3.01. The average molecular weight is 244 g/mol. The summed E-state index contributed by atoms with van der Waals surface area (Å²) in [5, 5.41) is 13.6. The molecule has 1 aromatic carbocycles. The van der Waals surface area contributed by atoms with Crippen LogP contribution in [-0.2, 0) is 6.54 Å². The van der Waals surface area contributed by atoms with E-state index < -0.39 is 0 Å². The fourth-order valence-corrected chi connectivity index (χ4v) is 2.31. The van der Waals surface area contributed by atoms with Crippen molar-refractivity contribution in [3.63, 3.8) is 0 Å². The van der Waals surface area contributed by atoms with Gasteiger partial charge in [-0.15, -0.1) is 0 Å². The summed E-state index contributed by atoms with van der Waals surface area (Å²) in [6, 6.07) is 12.0. The second-order valence-corrected chi connectivity index (χ2v) is 4.72. The van der Waals surface area contributed by atoms with Crippen molar-refractivity contribution in [3.05, 3.63) is 42.2 Å². The summed E-state index contributed by atoms with van der Waals surface area (Å²) in [6.07, 6.45) is 0.654. The van der Waals surface area contributed by atoms with Crippen LogP contribution >= 0.6 is 0 Å². The number of hydrogen-bond acceptors (Lipinski definition) is 4. The molecule has 94 valence electrons. The van der Waals surface area contributed by atoms with E-state index >= 15 is 0 Å². The maximum Gasteiger partial charge on any atom is 0.151 e. The summed E-state index contributed by atoms with van der Waals surface area (Å²) < 4.78 is 5.34. The Morgan fingerprint density at radius 1 is 1.33 bits per heavy atom. The Kier molecular flexibility index (Phi) is 3.13. The van der Waals surface area contributed by atoms with Crippen LogP contribution in [0.4, 0.5) is 0 Å². The first-order chi connectivity index (χ1) is 8.81. The lowest BCUT2D eigenvalue weighted by Gasteiger charge is -2.11. The highest BCUT2D eigenvalue weighted by Gasteiger charge is 2.21. The standard InChI is InChI=1S/C14H16N2O2/c17-12-6-7-16(9-12)10-13-8-14(15-18-13)11-4-2-1-3-5-11/h1-5,8,12,17H,6-7,9-10H2/t12-/m0/s1. The third-order valence-corrected chi connectivity index (χ3v) is 3.26. The smallest absolute Gasteiger partial charge is 0.151 e. The molecular formula is C14H16N2O2. The molecule has 4 nitrogen and oxygen atoms in total. The Hall–Kier alpha value is -1.65. The monoisotopic (exact) mass is 244 g/mol. The van der Waals surface area contributed by atoms with Gasteiger partial charge in [0.25, 0.3) is 0 Å². The molecule has 2 heterocycles. The van der Waals surface area contributed by atoms with Crippen molar-refractivity contribution in [2.24, 2.45) is 0 Å². The van der Waals surface area contributed by atoms with E-state index in [9.17, 15) is 5.11 Å². The van der Waals surface area contributed by atoms with Gasteiger partial charge in [-0.3, -0.25) is 4.90 Å². The van der Waals surface area contributed by atoms with Crippen molar-refractivity contribution in [1.29, 1.82) is 0 Å². The van der Waals surface area contributed by atoms with Gasteiger partial charge in [-0.05, 0) is 6.42 Å². The van der Waals surface area contributed by atoms with Crippen LogP contribution in [0.5, 0.6) is 0 Å². The molecule has 1 saturated heterocycles. The SMILES string of the molecule is O[C@H]1CCN(Cc2cc(-c3ccccc3)no2)C1. The zero-order valence-corrected chi connectivity index (χ0v) is 10.1. The number of β-amino-alcohol motifs (C(OH)–C–C–N with tert-alkyl or cyclic N) is 1. The maximum atomic E-state index is 9.47. The second-order valence-electron chi connectivity index (χ2n) is 4.72. The summed E-state index contributed by atoms with van der Waals surface area (Å²) in [5.41, 5.74) is 1.93. The van der Waals surface area contributed by atoms with E-state index in [0.29, 0.717) is 0 Å². The Bertz CT molecular complexity index is 510. The van der Waals surface area contributed by atoms with E-state index in [1.54, 1.807) is 0 Å². The lowest BCUT2D eigenvalue weighted by Crippen LogP contribution is -2.21. The topological polar surface area (TPSA) is 49.5 Å². The van der Waals surface area contributed by atoms with E-state index in [2.05, 4.69) is 10.1 Å². The first-order valence-electron chi connectivity index (χ1n) is 6.23. The Labute approximate surface area is 106 Å². The zero-order chi connectivity index (χ0) is 12.4. The van der Waals surface area contributed by atoms with Crippen LogP contribution in [0.2, 0.25) is 0 Å². The number of aliphatic hydroxyl groups is 1. The largest absolute Gasteiger partial charge is 0.392 e. The van der Waals surface area contributed by atoms with Crippen LogP contribution in [0.1, 0.15) is 12.2 Å². The van der Waals surface area contributed by atoms with Crippen molar-refractivity contribution in [3.8, 4) is 11.3 Å². The van der Waals surface area contributed by atoms with E-state index in [1.807, 2.05) is 36.4 Å². The molecule has 0 saturated carbocycles. The summed E-state index contributed by atoms with van der Waals surface area (Å²) in [7, 11) is 0. The minimum Gasteiger partial charge on any atom is -0.392 e. The maximum absolute atomic E-state index is 9.47. The number of hydrogen-bond donors (Lipinski definition) is 1. The van der Waals surface area contributed by atoms with Gasteiger partial charge in [-0.1, -0.05) is 35.5 Å². The van der Waals surface area contributed by atoms with Gasteiger partial charge in [0.2, 0.25) is 0 Å². The summed E-state index contributed by atoms with van der Waals surface area (Å²) in [4.78, 5) is 2.18. The normalized spacial score (nSPS) is 20.4. The fraction of sp³-hybridized carbons (Fsp3) is 0.357. The number of rotatable bonds is 3. The van der Waals surface area contributed by atoms with Gasteiger partial charge in [-0.2, -0.15) is 0 Å². The summed E-state index contributed by atoms with van der Waals surface area (Å²) in [6.45, 7) is 2.36. The highest BCUT2D eigenvalue weighted by molar-refractivity contribution is 5.58. The second kappa shape index (κ2) is 4.92. The van der Waals surface area contributed by atoms with Crippen molar-refractivity contribution < 1.29 is 9.63 Å². The molecule has 0 unspecified atom stereocenters. The highest BCUT2D eigenvalue weighted by Crippen LogP contribution is 2.20. The van der Waals surface area contributed by atoms with Crippen LogP contribution < -0.4 is 0 Å². The van der Waals surface area contributed by atoms with Gasteiger partial charge in [0.15, 0.2) is 5.76 Å². The molecule has 1 fully saturated rings. The number of likely N-dealkylation sites (tertiary alicyclic amines) is 1. The fourth-order valence-electron chi connectivity index (χ4n) is 2.31.